The summed E-state index contributed by atoms with van der Waals surface area (Å²) in [5, 5.41) is 6.84. The van der Waals surface area contributed by atoms with Crippen molar-refractivity contribution in [2.45, 2.75) is 79.2 Å². The maximum absolute atomic E-state index is 4.66. The Kier molecular flexibility index (Phi) is 5.01. The quantitative estimate of drug-likeness (QED) is 0.688. The van der Waals surface area contributed by atoms with Crippen molar-refractivity contribution in [2.75, 3.05) is 0 Å². The van der Waals surface area contributed by atoms with Gasteiger partial charge in [-0.15, -0.1) is 0 Å². The Balaban J connectivity index is 2.87. The standard InChI is InChI=1S/C16H30N2/c1-7-15(3,4)13-16(5,6)18-12-14(2)10-8-9-11-17-18/h11-12H,7-10,13H2,1-6H3. The smallest absolute Gasteiger partial charge is 0.0576 e. The molecule has 0 spiro atoms. The maximum atomic E-state index is 4.66. The van der Waals surface area contributed by atoms with E-state index in [-0.39, 0.29) is 5.54 Å². The van der Waals surface area contributed by atoms with Crippen LogP contribution in [0.4, 0.5) is 0 Å². The molecule has 0 aromatic heterocycles. The molecular weight excluding hydrogens is 220 g/mol. The normalized spacial score (nSPS) is 18.3. The van der Waals surface area contributed by atoms with Gasteiger partial charge in [-0.1, -0.05) is 32.8 Å². The third kappa shape index (κ3) is 4.47. The van der Waals surface area contributed by atoms with Crippen LogP contribution in [0.3, 0.4) is 0 Å². The maximum Gasteiger partial charge on any atom is 0.0576 e. The van der Waals surface area contributed by atoms with Gasteiger partial charge in [-0.2, -0.15) is 5.10 Å². The predicted molar refractivity (Wildman–Crippen MR) is 80.7 cm³/mol. The van der Waals surface area contributed by atoms with Gasteiger partial charge in [-0.25, -0.2) is 0 Å². The van der Waals surface area contributed by atoms with Crippen molar-refractivity contribution in [2.24, 2.45) is 10.5 Å². The lowest BCUT2D eigenvalue weighted by molar-refractivity contribution is 0.115. The van der Waals surface area contributed by atoms with Crippen LogP contribution in [0.15, 0.2) is 16.9 Å². The molecule has 0 radical (unpaired) electrons. The number of hydrazone groups is 1. The van der Waals surface area contributed by atoms with Crippen LogP contribution in [-0.2, 0) is 0 Å². The molecule has 18 heavy (non-hydrogen) atoms. The van der Waals surface area contributed by atoms with Gasteiger partial charge in [0.2, 0.25) is 0 Å². The van der Waals surface area contributed by atoms with Crippen LogP contribution < -0.4 is 0 Å². The van der Waals surface area contributed by atoms with Crippen molar-refractivity contribution in [1.29, 1.82) is 0 Å². The lowest BCUT2D eigenvalue weighted by atomic mass is 9.78. The Bertz CT molecular complexity index is 324. The molecule has 2 heteroatoms. The average molecular weight is 250 g/mol. The summed E-state index contributed by atoms with van der Waals surface area (Å²) in [5.41, 5.74) is 1.88. The summed E-state index contributed by atoms with van der Waals surface area (Å²) in [6.45, 7) is 13.8. The molecule has 0 aromatic carbocycles. The minimum atomic E-state index is 0.0780. The molecule has 1 rings (SSSR count). The zero-order chi connectivity index (χ0) is 13.8. The van der Waals surface area contributed by atoms with Gasteiger partial charge >= 0.3 is 0 Å². The Morgan fingerprint density at radius 3 is 2.56 bits per heavy atom. The van der Waals surface area contributed by atoms with E-state index in [0.29, 0.717) is 5.41 Å². The fraction of sp³-hybridized carbons (Fsp3) is 0.812. The molecule has 0 amide bonds. The molecule has 2 nitrogen and oxygen atoms in total. The SMILES string of the molecule is CCC(C)(C)CC(C)(C)N1C=C(C)CCCC=N1. The largest absolute Gasteiger partial charge is 0.268 e. The Morgan fingerprint density at radius 1 is 1.28 bits per heavy atom. The highest BCUT2D eigenvalue weighted by Gasteiger charge is 2.31. The Labute approximate surface area is 113 Å². The van der Waals surface area contributed by atoms with Crippen LogP contribution in [0.1, 0.15) is 73.6 Å². The molecule has 0 unspecified atom stereocenters. The topological polar surface area (TPSA) is 15.6 Å². The number of allylic oxidation sites excluding steroid dienone is 1. The third-order valence-corrected chi connectivity index (χ3v) is 3.94. The van der Waals surface area contributed by atoms with Crippen LogP contribution in [0.2, 0.25) is 0 Å². The molecule has 0 aliphatic carbocycles. The van der Waals surface area contributed by atoms with E-state index in [9.17, 15) is 0 Å². The number of hydrogen-bond acceptors (Lipinski definition) is 2. The first kappa shape index (κ1) is 15.3. The van der Waals surface area contributed by atoms with Crippen LogP contribution >= 0.6 is 0 Å². The molecule has 0 fully saturated rings. The van der Waals surface area contributed by atoms with E-state index in [4.69, 9.17) is 0 Å². The zero-order valence-corrected chi connectivity index (χ0v) is 13.1. The lowest BCUT2D eigenvalue weighted by Crippen LogP contribution is -2.41. The molecule has 0 N–H and O–H groups in total. The van der Waals surface area contributed by atoms with Gasteiger partial charge in [0.1, 0.15) is 0 Å². The van der Waals surface area contributed by atoms with E-state index in [1.807, 2.05) is 0 Å². The molecule has 0 bridgehead atoms. The summed E-state index contributed by atoms with van der Waals surface area (Å²) >= 11 is 0. The number of hydrogen-bond donors (Lipinski definition) is 0. The zero-order valence-electron chi connectivity index (χ0n) is 13.1. The fourth-order valence-electron chi connectivity index (χ4n) is 2.63. The van der Waals surface area contributed by atoms with Gasteiger partial charge in [-0.3, -0.25) is 5.01 Å². The molecular formula is C16H30N2. The third-order valence-electron chi connectivity index (χ3n) is 3.94. The summed E-state index contributed by atoms with van der Waals surface area (Å²) in [4.78, 5) is 0. The van der Waals surface area contributed by atoms with E-state index in [0.717, 1.165) is 12.8 Å². The Hall–Kier alpha value is -0.790. The van der Waals surface area contributed by atoms with Gasteiger partial charge in [0.05, 0.1) is 5.54 Å². The van der Waals surface area contributed by atoms with Crippen LogP contribution in [-0.4, -0.2) is 16.8 Å². The van der Waals surface area contributed by atoms with Crippen molar-refractivity contribution in [3.63, 3.8) is 0 Å². The highest BCUT2D eigenvalue weighted by atomic mass is 15.5. The highest BCUT2D eigenvalue weighted by Crippen LogP contribution is 2.35. The molecule has 104 valence electrons. The van der Waals surface area contributed by atoms with E-state index in [2.05, 4.69) is 64.1 Å². The molecule has 0 atom stereocenters. The minimum absolute atomic E-state index is 0.0780. The van der Waals surface area contributed by atoms with Crippen molar-refractivity contribution in [3.8, 4) is 0 Å². The summed E-state index contributed by atoms with van der Waals surface area (Å²) < 4.78 is 0. The Morgan fingerprint density at radius 2 is 1.94 bits per heavy atom. The monoisotopic (exact) mass is 250 g/mol. The van der Waals surface area contributed by atoms with Crippen molar-refractivity contribution in [3.05, 3.63) is 11.8 Å². The number of rotatable bonds is 4. The molecule has 0 saturated heterocycles. The van der Waals surface area contributed by atoms with Crippen molar-refractivity contribution >= 4 is 6.21 Å². The van der Waals surface area contributed by atoms with E-state index in [1.54, 1.807) is 0 Å². The highest BCUT2D eigenvalue weighted by molar-refractivity contribution is 5.57. The van der Waals surface area contributed by atoms with Gasteiger partial charge in [0, 0.05) is 12.4 Å². The van der Waals surface area contributed by atoms with Gasteiger partial charge < -0.3 is 0 Å². The fourth-order valence-corrected chi connectivity index (χ4v) is 2.63. The summed E-state index contributed by atoms with van der Waals surface area (Å²) in [6, 6.07) is 0. The number of nitrogens with zero attached hydrogens (tertiary/aromatic N) is 2. The average Bonchev–Trinajstić information content (AvgIpc) is 2.21. The molecule has 1 aliphatic rings. The first-order chi connectivity index (χ1) is 8.27. The van der Waals surface area contributed by atoms with Crippen molar-refractivity contribution in [1.82, 2.24) is 5.01 Å². The lowest BCUT2D eigenvalue weighted by Gasteiger charge is -2.40. The molecule has 1 heterocycles. The molecule has 0 aromatic rings. The molecule has 1 aliphatic heterocycles. The van der Waals surface area contributed by atoms with Crippen LogP contribution in [0.25, 0.3) is 0 Å². The second-order valence-corrected chi connectivity index (χ2v) is 7.02. The van der Waals surface area contributed by atoms with Gasteiger partial charge in [0.25, 0.3) is 0 Å². The van der Waals surface area contributed by atoms with E-state index in [1.165, 1.54) is 24.8 Å². The first-order valence-corrected chi connectivity index (χ1v) is 7.26. The summed E-state index contributed by atoms with van der Waals surface area (Å²) in [5.74, 6) is 0. The second-order valence-electron chi connectivity index (χ2n) is 7.02. The van der Waals surface area contributed by atoms with Gasteiger partial charge in [-0.05, 0) is 51.9 Å². The van der Waals surface area contributed by atoms with Crippen LogP contribution in [0.5, 0.6) is 0 Å². The van der Waals surface area contributed by atoms with E-state index < -0.39 is 0 Å². The predicted octanol–water partition coefficient (Wildman–Crippen LogP) is 4.97. The van der Waals surface area contributed by atoms with E-state index >= 15 is 0 Å². The first-order valence-electron chi connectivity index (χ1n) is 7.26. The van der Waals surface area contributed by atoms with Crippen molar-refractivity contribution < 1.29 is 0 Å². The van der Waals surface area contributed by atoms with Gasteiger partial charge in [0.15, 0.2) is 0 Å². The minimum Gasteiger partial charge on any atom is -0.268 e. The van der Waals surface area contributed by atoms with Crippen LogP contribution in [0, 0.1) is 5.41 Å². The summed E-state index contributed by atoms with van der Waals surface area (Å²) in [6.07, 6.45) is 10.2. The summed E-state index contributed by atoms with van der Waals surface area (Å²) in [7, 11) is 0. The second kappa shape index (κ2) is 5.90. The molecule has 0 saturated carbocycles.